The Balaban J connectivity index is 1.98. The average Bonchev–Trinajstić information content (AvgIpc) is 2.77. The quantitative estimate of drug-likeness (QED) is 0.773. The largest absolute Gasteiger partial charge is 0.447 e. The molecule has 6 nitrogen and oxygen atoms in total. The Kier molecular flexibility index (Phi) is 6.22. The molecule has 2 heterocycles. The summed E-state index contributed by atoms with van der Waals surface area (Å²) in [7, 11) is -1.85. The molecule has 1 saturated heterocycles. The van der Waals surface area contributed by atoms with Gasteiger partial charge in [0.2, 0.25) is 5.09 Å². The lowest BCUT2D eigenvalue weighted by Gasteiger charge is -2.17. The van der Waals surface area contributed by atoms with E-state index in [1.807, 2.05) is 0 Å². The van der Waals surface area contributed by atoms with Gasteiger partial charge in [-0.05, 0) is 25.0 Å². The third-order valence-electron chi connectivity index (χ3n) is 3.58. The van der Waals surface area contributed by atoms with Gasteiger partial charge in [0.25, 0.3) is 10.0 Å². The molecule has 0 aromatic carbocycles. The van der Waals surface area contributed by atoms with Crippen LogP contribution in [0.2, 0.25) is 0 Å². The number of ether oxygens (including phenoxy) is 1. The maximum Gasteiger partial charge on any atom is 0.276 e. The van der Waals surface area contributed by atoms with Gasteiger partial charge in [0.15, 0.2) is 0 Å². The fraction of sp³-hybridized carbons (Fsp3) is 0.714. The topological polar surface area (TPSA) is 71.8 Å². The van der Waals surface area contributed by atoms with Crippen molar-refractivity contribution in [3.05, 3.63) is 17.9 Å². The molecular weight excluding hydrogens is 292 g/mol. The highest BCUT2D eigenvalue weighted by atomic mass is 32.2. The Bertz CT molecular complexity index is 519. The Morgan fingerprint density at radius 3 is 2.62 bits per heavy atom. The molecule has 1 aromatic heterocycles. The van der Waals surface area contributed by atoms with Crippen molar-refractivity contribution in [2.75, 3.05) is 33.4 Å². The first kappa shape index (κ1) is 16.5. The lowest BCUT2D eigenvalue weighted by Crippen LogP contribution is -2.31. The third kappa shape index (κ3) is 4.54. The predicted molar refractivity (Wildman–Crippen MR) is 79.5 cm³/mol. The van der Waals surface area contributed by atoms with Gasteiger partial charge in [-0.1, -0.05) is 12.8 Å². The van der Waals surface area contributed by atoms with Crippen LogP contribution in [0, 0.1) is 0 Å². The molecule has 7 heteroatoms. The fourth-order valence-corrected chi connectivity index (χ4v) is 3.83. The van der Waals surface area contributed by atoms with E-state index in [1.165, 1.54) is 0 Å². The summed E-state index contributed by atoms with van der Waals surface area (Å²) in [6, 6.07) is 3.26. The summed E-state index contributed by atoms with van der Waals surface area (Å²) < 4.78 is 37.0. The second kappa shape index (κ2) is 7.93. The van der Waals surface area contributed by atoms with Crippen LogP contribution >= 0.6 is 0 Å². The molecule has 1 fully saturated rings. The second-order valence-corrected chi connectivity index (χ2v) is 7.08. The number of furan rings is 1. The molecule has 0 unspecified atom stereocenters. The van der Waals surface area contributed by atoms with E-state index in [4.69, 9.17) is 9.15 Å². The summed E-state index contributed by atoms with van der Waals surface area (Å²) in [5.41, 5.74) is 0. The molecule has 2 rings (SSSR count). The van der Waals surface area contributed by atoms with Crippen LogP contribution in [0.5, 0.6) is 0 Å². The SMILES string of the molecule is COCCNCc1ccc(S(=O)(=O)N2CCCCCC2)o1. The average molecular weight is 316 g/mol. The van der Waals surface area contributed by atoms with E-state index < -0.39 is 10.0 Å². The molecular formula is C14H24N2O4S. The molecule has 1 aliphatic heterocycles. The normalized spacial score (nSPS) is 17.8. The zero-order valence-corrected chi connectivity index (χ0v) is 13.3. The van der Waals surface area contributed by atoms with Crippen molar-refractivity contribution in [1.82, 2.24) is 9.62 Å². The van der Waals surface area contributed by atoms with E-state index in [9.17, 15) is 8.42 Å². The number of hydrogen-bond acceptors (Lipinski definition) is 5. The summed E-state index contributed by atoms with van der Waals surface area (Å²) in [5, 5.41) is 3.18. The number of hydrogen-bond donors (Lipinski definition) is 1. The highest BCUT2D eigenvalue weighted by Gasteiger charge is 2.28. The van der Waals surface area contributed by atoms with Crippen LogP contribution in [0.15, 0.2) is 21.6 Å². The molecule has 0 atom stereocenters. The van der Waals surface area contributed by atoms with Crippen molar-refractivity contribution >= 4 is 10.0 Å². The molecule has 0 saturated carbocycles. The predicted octanol–water partition coefficient (Wildman–Crippen LogP) is 1.58. The van der Waals surface area contributed by atoms with E-state index in [0.717, 1.165) is 25.7 Å². The van der Waals surface area contributed by atoms with E-state index in [2.05, 4.69) is 5.32 Å². The smallest absolute Gasteiger partial charge is 0.276 e. The molecule has 1 N–H and O–H groups in total. The van der Waals surface area contributed by atoms with Crippen molar-refractivity contribution < 1.29 is 17.6 Å². The number of methoxy groups -OCH3 is 1. The molecule has 21 heavy (non-hydrogen) atoms. The van der Waals surface area contributed by atoms with Gasteiger partial charge in [-0.15, -0.1) is 0 Å². The molecule has 0 amide bonds. The number of rotatable bonds is 7. The van der Waals surface area contributed by atoms with Gasteiger partial charge < -0.3 is 14.5 Å². The van der Waals surface area contributed by atoms with Gasteiger partial charge >= 0.3 is 0 Å². The second-order valence-electron chi connectivity index (χ2n) is 5.21. The van der Waals surface area contributed by atoms with Crippen LogP contribution in [-0.4, -0.2) is 46.1 Å². The highest BCUT2D eigenvalue weighted by Crippen LogP contribution is 2.22. The maximum absolute atomic E-state index is 12.5. The Labute approximate surface area is 126 Å². The van der Waals surface area contributed by atoms with Crippen molar-refractivity contribution in [1.29, 1.82) is 0 Å². The van der Waals surface area contributed by atoms with E-state index in [0.29, 0.717) is 38.5 Å². The minimum atomic E-state index is -3.49. The molecule has 0 bridgehead atoms. The van der Waals surface area contributed by atoms with Gasteiger partial charge in [-0.25, -0.2) is 8.42 Å². The minimum absolute atomic E-state index is 0.0490. The van der Waals surface area contributed by atoms with Crippen molar-refractivity contribution in [3.63, 3.8) is 0 Å². The van der Waals surface area contributed by atoms with Crippen molar-refractivity contribution in [2.45, 2.75) is 37.3 Å². The van der Waals surface area contributed by atoms with Crippen LogP contribution in [-0.2, 0) is 21.3 Å². The number of nitrogens with zero attached hydrogens (tertiary/aromatic N) is 1. The van der Waals surface area contributed by atoms with Crippen LogP contribution in [0.4, 0.5) is 0 Å². The van der Waals surface area contributed by atoms with Gasteiger partial charge in [0.1, 0.15) is 5.76 Å². The zero-order chi connectivity index (χ0) is 15.1. The van der Waals surface area contributed by atoms with Gasteiger partial charge in [0, 0.05) is 26.7 Å². The van der Waals surface area contributed by atoms with E-state index in [1.54, 1.807) is 23.5 Å². The minimum Gasteiger partial charge on any atom is -0.447 e. The summed E-state index contributed by atoms with van der Waals surface area (Å²) in [6.45, 7) is 2.98. The van der Waals surface area contributed by atoms with Crippen LogP contribution in [0.1, 0.15) is 31.4 Å². The van der Waals surface area contributed by atoms with E-state index >= 15 is 0 Å². The van der Waals surface area contributed by atoms with Crippen molar-refractivity contribution in [2.24, 2.45) is 0 Å². The molecule has 0 radical (unpaired) electrons. The van der Waals surface area contributed by atoms with Gasteiger partial charge in [0.05, 0.1) is 13.2 Å². The molecule has 120 valence electrons. The monoisotopic (exact) mass is 316 g/mol. The van der Waals surface area contributed by atoms with Gasteiger partial charge in [-0.3, -0.25) is 0 Å². The van der Waals surface area contributed by atoms with Crippen LogP contribution < -0.4 is 5.32 Å². The standard InChI is InChI=1S/C14H24N2O4S/c1-19-11-8-15-12-13-6-7-14(20-13)21(17,18)16-9-4-2-3-5-10-16/h6-7,15H,2-5,8-12H2,1H3. The summed E-state index contributed by atoms with van der Waals surface area (Å²) >= 11 is 0. The van der Waals surface area contributed by atoms with Crippen molar-refractivity contribution in [3.8, 4) is 0 Å². The first-order valence-electron chi connectivity index (χ1n) is 7.43. The molecule has 1 aliphatic rings. The number of sulfonamides is 1. The number of nitrogens with one attached hydrogen (secondary N) is 1. The first-order valence-corrected chi connectivity index (χ1v) is 8.87. The molecule has 0 aliphatic carbocycles. The van der Waals surface area contributed by atoms with Crippen LogP contribution in [0.3, 0.4) is 0 Å². The van der Waals surface area contributed by atoms with Crippen LogP contribution in [0.25, 0.3) is 0 Å². The lowest BCUT2D eigenvalue weighted by molar-refractivity contribution is 0.198. The third-order valence-corrected chi connectivity index (χ3v) is 5.35. The van der Waals surface area contributed by atoms with Gasteiger partial charge in [-0.2, -0.15) is 4.31 Å². The molecule has 0 spiro atoms. The fourth-order valence-electron chi connectivity index (χ4n) is 2.39. The summed E-state index contributed by atoms with van der Waals surface area (Å²) in [4.78, 5) is 0. The Morgan fingerprint density at radius 1 is 1.24 bits per heavy atom. The zero-order valence-electron chi connectivity index (χ0n) is 12.5. The maximum atomic E-state index is 12.5. The lowest BCUT2D eigenvalue weighted by atomic mass is 10.2. The first-order chi connectivity index (χ1) is 10.1. The highest BCUT2D eigenvalue weighted by molar-refractivity contribution is 7.89. The Hall–Kier alpha value is -0.890. The summed E-state index contributed by atoms with van der Waals surface area (Å²) in [6.07, 6.45) is 4.04. The molecule has 1 aromatic rings. The summed E-state index contributed by atoms with van der Waals surface area (Å²) in [5.74, 6) is 0.625. The van der Waals surface area contributed by atoms with E-state index in [-0.39, 0.29) is 5.09 Å². The Morgan fingerprint density at radius 2 is 1.95 bits per heavy atom.